The molecule has 4 rings (SSSR count). The van der Waals surface area contributed by atoms with Crippen LogP contribution in [0.25, 0.3) is 22.3 Å². The third-order valence-electron chi connectivity index (χ3n) is 5.92. The molecule has 4 N–H and O–H groups in total. The summed E-state index contributed by atoms with van der Waals surface area (Å²) in [4.78, 5) is 17.5. The van der Waals surface area contributed by atoms with E-state index in [1.54, 1.807) is 29.9 Å². The first-order chi connectivity index (χ1) is 16.1. The Bertz CT molecular complexity index is 1510. The number of hydrogen-bond acceptors (Lipinski definition) is 7. The minimum Gasteiger partial charge on any atom is -0.455 e. The number of aryl methyl sites for hydroxylation is 2. The van der Waals surface area contributed by atoms with Crippen LogP contribution in [0.5, 0.6) is 0 Å². The molecule has 4 aromatic rings. The number of aromatic nitrogens is 3. The van der Waals surface area contributed by atoms with Crippen molar-refractivity contribution in [1.82, 2.24) is 14.8 Å². The first kappa shape index (κ1) is 23.3. The van der Waals surface area contributed by atoms with Crippen LogP contribution in [0, 0.1) is 20.8 Å². The van der Waals surface area contributed by atoms with Crippen LogP contribution in [-0.4, -0.2) is 25.8 Å². The number of anilines is 1. The van der Waals surface area contributed by atoms with Crippen LogP contribution in [0.3, 0.4) is 0 Å². The van der Waals surface area contributed by atoms with Gasteiger partial charge in [0.05, 0.1) is 28.9 Å². The predicted octanol–water partition coefficient (Wildman–Crippen LogP) is 4.43. The van der Waals surface area contributed by atoms with E-state index in [2.05, 4.69) is 20.6 Å². The summed E-state index contributed by atoms with van der Waals surface area (Å²) in [6.07, 6.45) is 1.70. The molecule has 0 bridgehead atoms. The largest absolute Gasteiger partial charge is 0.455 e. The average molecular weight is 481 g/mol. The Morgan fingerprint density at radius 3 is 2.68 bits per heavy atom. The molecule has 1 aromatic carbocycles. The third kappa shape index (κ3) is 3.99. The van der Waals surface area contributed by atoms with Gasteiger partial charge in [0.2, 0.25) is 0 Å². The van der Waals surface area contributed by atoms with Crippen LogP contribution in [0.2, 0.25) is 5.15 Å². The monoisotopic (exact) mass is 480 g/mol. The summed E-state index contributed by atoms with van der Waals surface area (Å²) in [5, 5.41) is 20.5. The van der Waals surface area contributed by atoms with Gasteiger partial charge >= 0.3 is 0 Å². The number of nitrogens with zero attached hydrogens (tertiary/aromatic N) is 4. The number of nitrogens with two attached hydrogens (primary N) is 1. The molecule has 0 fully saturated rings. The van der Waals surface area contributed by atoms with Gasteiger partial charge in [0.15, 0.2) is 11.3 Å². The van der Waals surface area contributed by atoms with Crippen molar-refractivity contribution in [3.05, 3.63) is 73.9 Å². The number of fused-ring (bicyclic) bond motifs is 1. The molecule has 3 aromatic heterocycles. The molecular weight excluding hydrogens is 456 g/mol. The number of amidine groups is 1. The van der Waals surface area contributed by atoms with Gasteiger partial charge in [-0.15, -0.1) is 0 Å². The van der Waals surface area contributed by atoms with Gasteiger partial charge in [-0.3, -0.25) is 9.48 Å². The molecule has 3 heterocycles. The number of pyridine rings is 1. The van der Waals surface area contributed by atoms with Gasteiger partial charge in [0.25, 0.3) is 0 Å². The molecule has 0 amide bonds. The van der Waals surface area contributed by atoms with E-state index in [0.29, 0.717) is 28.0 Å². The zero-order valence-corrected chi connectivity index (χ0v) is 20.2. The van der Waals surface area contributed by atoms with Gasteiger partial charge < -0.3 is 20.7 Å². The number of benzene rings is 1. The maximum atomic E-state index is 13.4. The second-order valence-electron chi connectivity index (χ2n) is 8.26. The maximum absolute atomic E-state index is 13.4. The summed E-state index contributed by atoms with van der Waals surface area (Å²) < 4.78 is 8.14. The van der Waals surface area contributed by atoms with Crippen LogP contribution in [0.1, 0.15) is 41.0 Å². The molecule has 10 heteroatoms. The Labute approximate surface area is 200 Å². The fraction of sp³-hybridized carbons (Fsp3) is 0.250. The summed E-state index contributed by atoms with van der Waals surface area (Å²) in [6.45, 7) is 7.54. The van der Waals surface area contributed by atoms with E-state index in [1.807, 2.05) is 40.0 Å². The fourth-order valence-electron chi connectivity index (χ4n) is 3.97. The Balaban J connectivity index is 1.90. The number of hydrogen-bond donors (Lipinski definition) is 3. The summed E-state index contributed by atoms with van der Waals surface area (Å²) >= 11 is 6.01. The standard InChI is InChI=1S/C24H25ClN6O3/c1-11-8-15(13(3)28-18-6-7-19(25)29-20(18)24(26)30-33)23-16(9-11)21(32)12(2)22(34-23)17-10-27-31(5)14(17)4/h6-10,13,28,33H,1-5H3,(H2,26,30)/t13-/m1/s1. The Hall–Kier alpha value is -3.85. The van der Waals surface area contributed by atoms with Crippen LogP contribution >= 0.6 is 11.6 Å². The van der Waals surface area contributed by atoms with Gasteiger partial charge in [0.1, 0.15) is 22.2 Å². The summed E-state index contributed by atoms with van der Waals surface area (Å²) in [6, 6.07) is 6.76. The minimum atomic E-state index is -0.329. The zero-order valence-electron chi connectivity index (χ0n) is 19.5. The van der Waals surface area contributed by atoms with Crippen molar-refractivity contribution >= 4 is 34.1 Å². The SMILES string of the molecule is Cc1cc([C@@H](C)Nc2ccc(Cl)nc2/C(N)=N/O)c2oc(-c3cnn(C)c3C)c(C)c(=O)c2c1. The fourth-order valence-corrected chi connectivity index (χ4v) is 4.12. The van der Waals surface area contributed by atoms with Crippen molar-refractivity contribution in [3.63, 3.8) is 0 Å². The molecule has 176 valence electrons. The molecule has 0 aliphatic carbocycles. The highest BCUT2D eigenvalue weighted by molar-refractivity contribution is 6.29. The first-order valence-electron chi connectivity index (χ1n) is 10.6. The normalized spacial score (nSPS) is 12.8. The zero-order chi connectivity index (χ0) is 24.7. The quantitative estimate of drug-likeness (QED) is 0.126. The lowest BCUT2D eigenvalue weighted by molar-refractivity contribution is 0.318. The average Bonchev–Trinajstić information content (AvgIpc) is 3.14. The van der Waals surface area contributed by atoms with Crippen molar-refractivity contribution in [2.24, 2.45) is 17.9 Å². The molecule has 34 heavy (non-hydrogen) atoms. The van der Waals surface area contributed by atoms with Crippen molar-refractivity contribution in [1.29, 1.82) is 0 Å². The van der Waals surface area contributed by atoms with Crippen LogP contribution in [-0.2, 0) is 7.05 Å². The molecule has 0 spiro atoms. The highest BCUT2D eigenvalue weighted by Gasteiger charge is 2.22. The van der Waals surface area contributed by atoms with E-state index in [9.17, 15) is 4.79 Å². The van der Waals surface area contributed by atoms with Crippen LogP contribution < -0.4 is 16.5 Å². The molecule has 9 nitrogen and oxygen atoms in total. The smallest absolute Gasteiger partial charge is 0.196 e. The van der Waals surface area contributed by atoms with E-state index in [-0.39, 0.29) is 28.2 Å². The van der Waals surface area contributed by atoms with Gasteiger partial charge in [0, 0.05) is 23.9 Å². The predicted molar refractivity (Wildman–Crippen MR) is 133 cm³/mol. The van der Waals surface area contributed by atoms with E-state index in [4.69, 9.17) is 27.0 Å². The highest BCUT2D eigenvalue weighted by atomic mass is 35.5. The molecule has 0 saturated carbocycles. The molecule has 0 unspecified atom stereocenters. The number of rotatable bonds is 5. The molecule has 0 aliphatic heterocycles. The second kappa shape index (κ2) is 8.83. The summed E-state index contributed by atoms with van der Waals surface area (Å²) in [5.74, 6) is 0.314. The number of nitrogens with one attached hydrogen (secondary N) is 1. The lowest BCUT2D eigenvalue weighted by atomic mass is 9.99. The highest BCUT2D eigenvalue weighted by Crippen LogP contribution is 2.33. The summed E-state index contributed by atoms with van der Waals surface area (Å²) in [5.41, 5.74) is 10.8. The molecule has 1 atom stereocenters. The first-order valence-corrected chi connectivity index (χ1v) is 11.0. The van der Waals surface area contributed by atoms with E-state index in [0.717, 1.165) is 22.4 Å². The second-order valence-corrected chi connectivity index (χ2v) is 8.65. The maximum Gasteiger partial charge on any atom is 0.196 e. The van der Waals surface area contributed by atoms with Gasteiger partial charge in [-0.25, -0.2) is 4.98 Å². The molecule has 0 saturated heterocycles. The van der Waals surface area contributed by atoms with E-state index < -0.39 is 0 Å². The van der Waals surface area contributed by atoms with Crippen LogP contribution in [0.4, 0.5) is 5.69 Å². The van der Waals surface area contributed by atoms with Crippen molar-refractivity contribution in [2.45, 2.75) is 33.7 Å². The van der Waals surface area contributed by atoms with E-state index in [1.165, 1.54) is 0 Å². The topological polar surface area (TPSA) is 132 Å². The lowest BCUT2D eigenvalue weighted by Gasteiger charge is -2.20. The van der Waals surface area contributed by atoms with Gasteiger partial charge in [-0.2, -0.15) is 5.10 Å². The minimum absolute atomic E-state index is 0.0952. The molecule has 0 radical (unpaired) electrons. The molecular formula is C24H25ClN6O3. The Kier molecular flexibility index (Phi) is 6.05. The summed E-state index contributed by atoms with van der Waals surface area (Å²) in [7, 11) is 1.84. The lowest BCUT2D eigenvalue weighted by Crippen LogP contribution is -2.19. The van der Waals surface area contributed by atoms with Crippen LogP contribution in [0.15, 0.2) is 44.8 Å². The number of oxime groups is 1. The van der Waals surface area contributed by atoms with E-state index >= 15 is 0 Å². The number of halogens is 1. The molecule has 0 aliphatic rings. The van der Waals surface area contributed by atoms with Crippen molar-refractivity contribution in [3.8, 4) is 11.3 Å². The third-order valence-corrected chi connectivity index (χ3v) is 6.13. The van der Waals surface area contributed by atoms with Crippen molar-refractivity contribution < 1.29 is 9.62 Å². The Morgan fingerprint density at radius 2 is 2.03 bits per heavy atom. The van der Waals surface area contributed by atoms with Crippen molar-refractivity contribution in [2.75, 3.05) is 5.32 Å². The Morgan fingerprint density at radius 1 is 1.29 bits per heavy atom. The van der Waals surface area contributed by atoms with Gasteiger partial charge in [-0.1, -0.05) is 22.8 Å². The van der Waals surface area contributed by atoms with Gasteiger partial charge in [-0.05, 0) is 51.5 Å².